The Morgan fingerprint density at radius 2 is 1.93 bits per heavy atom. The summed E-state index contributed by atoms with van der Waals surface area (Å²) in [6.45, 7) is 1.81. The van der Waals surface area contributed by atoms with Crippen LogP contribution in [-0.4, -0.2) is 21.9 Å². The van der Waals surface area contributed by atoms with Gasteiger partial charge in [0.15, 0.2) is 5.11 Å². The largest absolute Gasteiger partial charge is 0.459 e. The zero-order valence-electron chi connectivity index (χ0n) is 15.6. The number of amides is 1. The average Bonchev–Trinajstić information content (AvgIpc) is 3.16. The van der Waals surface area contributed by atoms with Gasteiger partial charge in [0.25, 0.3) is 0 Å². The number of carbonyl (C=O) groups is 1. The van der Waals surface area contributed by atoms with Crippen LogP contribution >= 0.6 is 35.6 Å². The smallest absolute Gasteiger partial charge is 0.236 e. The van der Waals surface area contributed by atoms with Crippen molar-refractivity contribution in [1.82, 2.24) is 5.32 Å². The summed E-state index contributed by atoms with van der Waals surface area (Å²) in [5.74, 6) is 1.26. The Kier molecular flexibility index (Phi) is 7.33. The van der Waals surface area contributed by atoms with Crippen LogP contribution in [0.3, 0.4) is 0 Å². The molecule has 5 nitrogen and oxygen atoms in total. The number of hydrogen-bond donors (Lipinski definition) is 3. The number of thiocarbonyl (C=S) groups is 1. The minimum atomic E-state index is -0.192. The summed E-state index contributed by atoms with van der Waals surface area (Å²) >= 11 is 12.5. The predicted octanol–water partition coefficient (Wildman–Crippen LogP) is 5.01. The minimum absolute atomic E-state index is 0.136. The first-order chi connectivity index (χ1) is 13.9. The molecule has 0 spiro atoms. The molecule has 29 heavy (non-hydrogen) atoms. The number of aliphatic hydroxyl groups is 1. The molecule has 0 saturated heterocycles. The van der Waals surface area contributed by atoms with E-state index in [4.69, 9.17) is 33.3 Å². The van der Waals surface area contributed by atoms with Gasteiger partial charge in [0.1, 0.15) is 18.1 Å². The maximum Gasteiger partial charge on any atom is 0.236 e. The summed E-state index contributed by atoms with van der Waals surface area (Å²) in [5, 5.41) is 15.7. The van der Waals surface area contributed by atoms with Crippen molar-refractivity contribution < 1.29 is 14.3 Å². The lowest BCUT2D eigenvalue weighted by Gasteiger charge is -2.11. The summed E-state index contributed by atoms with van der Waals surface area (Å²) < 4.78 is 5.58. The van der Waals surface area contributed by atoms with Crippen molar-refractivity contribution in [3.63, 3.8) is 0 Å². The van der Waals surface area contributed by atoms with E-state index in [2.05, 4.69) is 10.6 Å². The van der Waals surface area contributed by atoms with Crippen LogP contribution in [0.5, 0.6) is 0 Å². The molecule has 1 heterocycles. The third-order valence-corrected chi connectivity index (χ3v) is 5.47. The summed E-state index contributed by atoms with van der Waals surface area (Å²) in [6, 6.07) is 16.5. The highest BCUT2D eigenvalue weighted by molar-refractivity contribution is 8.00. The molecule has 3 N–H and O–H groups in total. The van der Waals surface area contributed by atoms with E-state index in [0.717, 1.165) is 21.7 Å². The molecule has 1 aromatic heterocycles. The highest BCUT2D eigenvalue weighted by Crippen LogP contribution is 2.28. The molecule has 0 saturated carbocycles. The van der Waals surface area contributed by atoms with E-state index < -0.39 is 0 Å². The van der Waals surface area contributed by atoms with E-state index in [1.165, 1.54) is 11.8 Å². The maximum atomic E-state index is 12.1. The van der Waals surface area contributed by atoms with Crippen molar-refractivity contribution >= 4 is 52.3 Å². The van der Waals surface area contributed by atoms with Gasteiger partial charge < -0.3 is 20.2 Å². The summed E-state index contributed by atoms with van der Waals surface area (Å²) in [5.41, 5.74) is 2.65. The highest BCUT2D eigenvalue weighted by Gasteiger charge is 2.10. The number of thioether (sulfide) groups is 1. The molecule has 0 bridgehead atoms. The van der Waals surface area contributed by atoms with E-state index in [-0.39, 0.29) is 23.4 Å². The molecule has 0 aliphatic rings. The Hall–Kier alpha value is -2.32. The minimum Gasteiger partial charge on any atom is -0.459 e. The number of aryl methyl sites for hydroxylation is 1. The van der Waals surface area contributed by atoms with Gasteiger partial charge in [0.2, 0.25) is 5.91 Å². The van der Waals surface area contributed by atoms with Crippen molar-refractivity contribution in [2.75, 3.05) is 11.1 Å². The zero-order valence-corrected chi connectivity index (χ0v) is 18.0. The van der Waals surface area contributed by atoms with Crippen molar-refractivity contribution in [3.05, 3.63) is 70.9 Å². The van der Waals surface area contributed by atoms with Crippen LogP contribution in [0.1, 0.15) is 11.3 Å². The predicted molar refractivity (Wildman–Crippen MR) is 121 cm³/mol. The number of carbonyl (C=O) groups excluding carboxylic acids is 1. The second-order valence-electron chi connectivity index (χ2n) is 6.20. The molecule has 2 aromatic carbocycles. The molecule has 8 heteroatoms. The zero-order chi connectivity index (χ0) is 20.8. The fraction of sp³-hybridized carbons (Fsp3) is 0.143. The standard InChI is InChI=1S/C21H19ClN2O3S2/c1-13-10-15(4-8-18(13)19-9-5-16(11-25)27-19)23-21(28)24-20(26)12-29-17-6-2-14(22)3-7-17/h2-10,25H,11-12H2,1H3,(H2,23,24,26,28). The van der Waals surface area contributed by atoms with Crippen LogP contribution in [0.2, 0.25) is 5.02 Å². The van der Waals surface area contributed by atoms with Crippen LogP contribution in [0.4, 0.5) is 5.69 Å². The van der Waals surface area contributed by atoms with Crippen LogP contribution in [0.25, 0.3) is 11.3 Å². The summed E-state index contributed by atoms with van der Waals surface area (Å²) in [7, 11) is 0. The molecule has 0 atom stereocenters. The number of anilines is 1. The first-order valence-electron chi connectivity index (χ1n) is 8.74. The number of nitrogens with one attached hydrogen (secondary N) is 2. The van der Waals surface area contributed by atoms with Crippen LogP contribution in [0, 0.1) is 6.92 Å². The third kappa shape index (κ3) is 6.08. The van der Waals surface area contributed by atoms with Gasteiger partial charge in [-0.05, 0) is 79.3 Å². The van der Waals surface area contributed by atoms with Crippen LogP contribution in [0.15, 0.2) is 63.9 Å². The molecular formula is C21H19ClN2O3S2. The molecule has 150 valence electrons. The number of furan rings is 1. The lowest BCUT2D eigenvalue weighted by molar-refractivity contribution is -0.117. The van der Waals surface area contributed by atoms with E-state index in [0.29, 0.717) is 16.5 Å². The topological polar surface area (TPSA) is 74.5 Å². The Morgan fingerprint density at radius 3 is 2.59 bits per heavy atom. The van der Waals surface area contributed by atoms with E-state index in [9.17, 15) is 4.79 Å². The highest BCUT2D eigenvalue weighted by atomic mass is 35.5. The van der Waals surface area contributed by atoms with Crippen molar-refractivity contribution in [3.8, 4) is 11.3 Å². The Morgan fingerprint density at radius 1 is 1.17 bits per heavy atom. The van der Waals surface area contributed by atoms with E-state index in [1.807, 2.05) is 43.3 Å². The molecule has 0 aliphatic carbocycles. The molecule has 0 unspecified atom stereocenters. The van der Waals surface area contributed by atoms with Gasteiger partial charge in [-0.1, -0.05) is 11.6 Å². The number of halogens is 1. The second-order valence-corrected chi connectivity index (χ2v) is 8.09. The first kappa shape index (κ1) is 21.4. The molecule has 1 amide bonds. The fourth-order valence-electron chi connectivity index (χ4n) is 2.63. The van der Waals surface area contributed by atoms with Gasteiger partial charge in [0, 0.05) is 21.2 Å². The number of rotatable bonds is 6. The normalized spacial score (nSPS) is 10.6. The van der Waals surface area contributed by atoms with Gasteiger partial charge in [-0.15, -0.1) is 11.8 Å². The van der Waals surface area contributed by atoms with Crippen LogP contribution in [-0.2, 0) is 11.4 Å². The molecule has 0 aliphatic heterocycles. The van der Waals surface area contributed by atoms with E-state index >= 15 is 0 Å². The molecule has 3 rings (SSSR count). The van der Waals surface area contributed by atoms with Gasteiger partial charge in [-0.25, -0.2) is 0 Å². The molecule has 0 fully saturated rings. The Bertz CT molecular complexity index is 1020. The summed E-state index contributed by atoms with van der Waals surface area (Å²) in [4.78, 5) is 13.1. The van der Waals surface area contributed by atoms with Crippen molar-refractivity contribution in [1.29, 1.82) is 0 Å². The lowest BCUT2D eigenvalue weighted by Crippen LogP contribution is -2.35. The van der Waals surface area contributed by atoms with Crippen molar-refractivity contribution in [2.45, 2.75) is 18.4 Å². The molecule has 0 radical (unpaired) electrons. The lowest BCUT2D eigenvalue weighted by atomic mass is 10.1. The molecule has 3 aromatic rings. The van der Waals surface area contributed by atoms with Gasteiger partial charge in [-0.2, -0.15) is 0 Å². The monoisotopic (exact) mass is 446 g/mol. The molecular weight excluding hydrogens is 428 g/mol. The second kappa shape index (κ2) is 9.93. The number of aliphatic hydroxyl groups excluding tert-OH is 1. The van der Waals surface area contributed by atoms with Crippen molar-refractivity contribution in [2.24, 2.45) is 0 Å². The fourth-order valence-corrected chi connectivity index (χ4v) is 3.69. The maximum absolute atomic E-state index is 12.1. The number of benzene rings is 2. The van der Waals surface area contributed by atoms with Crippen LogP contribution < -0.4 is 10.6 Å². The van der Waals surface area contributed by atoms with Gasteiger partial charge in [-0.3, -0.25) is 4.79 Å². The van der Waals surface area contributed by atoms with Gasteiger partial charge >= 0.3 is 0 Å². The first-order valence-corrected chi connectivity index (χ1v) is 10.5. The SMILES string of the molecule is Cc1cc(NC(=S)NC(=O)CSc2ccc(Cl)cc2)ccc1-c1ccc(CO)o1. The summed E-state index contributed by atoms with van der Waals surface area (Å²) in [6.07, 6.45) is 0. The quantitative estimate of drug-likeness (QED) is 0.365. The number of hydrogen-bond acceptors (Lipinski definition) is 5. The average molecular weight is 447 g/mol. The van der Waals surface area contributed by atoms with Gasteiger partial charge in [0.05, 0.1) is 5.75 Å². The van der Waals surface area contributed by atoms with E-state index in [1.54, 1.807) is 18.2 Å². The third-order valence-electron chi connectivity index (χ3n) is 4.00. The Labute approximate surface area is 183 Å². The Balaban J connectivity index is 1.53.